The van der Waals surface area contributed by atoms with Crippen LogP contribution in [0.1, 0.15) is 18.9 Å². The molecule has 17 heavy (non-hydrogen) atoms. The van der Waals surface area contributed by atoms with Gasteiger partial charge >= 0.3 is 5.97 Å². The summed E-state index contributed by atoms with van der Waals surface area (Å²) in [5.74, 6) is -0.338. The summed E-state index contributed by atoms with van der Waals surface area (Å²) in [6.07, 6.45) is 2.03. The number of halogens is 1. The number of carboxylic acids is 1. The zero-order chi connectivity index (χ0) is 12.8. The Balaban J connectivity index is 2.67. The smallest absolute Gasteiger partial charge is 0.331 e. The van der Waals surface area contributed by atoms with Crippen molar-refractivity contribution in [2.75, 3.05) is 6.61 Å². The van der Waals surface area contributed by atoms with Gasteiger partial charge in [-0.3, -0.25) is 0 Å². The number of carboxylic acid groups (broad SMARTS) is 1. The molecule has 0 spiro atoms. The lowest BCUT2D eigenvalue weighted by Crippen LogP contribution is -2.03. The normalized spacial score (nSPS) is 11.4. The van der Waals surface area contributed by atoms with Gasteiger partial charge in [-0.15, -0.1) is 0 Å². The first-order chi connectivity index (χ1) is 8.04. The second-order valence-electron chi connectivity index (χ2n) is 3.63. The molecule has 1 aromatic rings. The number of benzene rings is 1. The molecule has 1 aromatic carbocycles. The maximum atomic E-state index is 10.7. The highest BCUT2D eigenvalue weighted by molar-refractivity contribution is 6.32. The highest BCUT2D eigenvalue weighted by Crippen LogP contribution is 2.25. The SMILES string of the molecule is CCC(=CCOc1cc(C)ccc1Cl)C(=O)O. The summed E-state index contributed by atoms with van der Waals surface area (Å²) in [7, 11) is 0. The van der Waals surface area contributed by atoms with E-state index in [1.165, 1.54) is 0 Å². The van der Waals surface area contributed by atoms with Crippen molar-refractivity contribution < 1.29 is 14.6 Å². The van der Waals surface area contributed by atoms with Crippen molar-refractivity contribution in [3.8, 4) is 5.75 Å². The van der Waals surface area contributed by atoms with Crippen LogP contribution >= 0.6 is 11.6 Å². The van der Waals surface area contributed by atoms with Crippen LogP contribution in [0.2, 0.25) is 5.02 Å². The minimum atomic E-state index is -0.911. The summed E-state index contributed by atoms with van der Waals surface area (Å²) >= 11 is 5.95. The summed E-state index contributed by atoms with van der Waals surface area (Å²) < 4.78 is 5.43. The van der Waals surface area contributed by atoms with Crippen LogP contribution in [-0.4, -0.2) is 17.7 Å². The third-order valence-corrected chi connectivity index (χ3v) is 2.62. The van der Waals surface area contributed by atoms with E-state index in [0.717, 1.165) is 5.56 Å². The number of aliphatic carboxylic acids is 1. The van der Waals surface area contributed by atoms with E-state index in [0.29, 0.717) is 22.8 Å². The highest BCUT2D eigenvalue weighted by atomic mass is 35.5. The summed E-state index contributed by atoms with van der Waals surface area (Å²) in [6, 6.07) is 5.47. The van der Waals surface area contributed by atoms with E-state index in [-0.39, 0.29) is 6.61 Å². The molecule has 0 amide bonds. The topological polar surface area (TPSA) is 46.5 Å². The fourth-order valence-corrected chi connectivity index (χ4v) is 1.51. The van der Waals surface area contributed by atoms with Crippen molar-refractivity contribution >= 4 is 17.6 Å². The van der Waals surface area contributed by atoms with Crippen LogP contribution in [0, 0.1) is 6.92 Å². The molecule has 0 atom stereocenters. The van der Waals surface area contributed by atoms with Crippen molar-refractivity contribution in [2.24, 2.45) is 0 Å². The Kier molecular flexibility index (Phi) is 5.04. The molecular weight excluding hydrogens is 240 g/mol. The van der Waals surface area contributed by atoms with Gasteiger partial charge in [0.25, 0.3) is 0 Å². The number of aryl methyl sites for hydroxylation is 1. The first-order valence-corrected chi connectivity index (χ1v) is 5.73. The predicted molar refractivity (Wildman–Crippen MR) is 67.7 cm³/mol. The molecule has 1 rings (SSSR count). The number of hydrogen-bond donors (Lipinski definition) is 1. The molecule has 0 unspecified atom stereocenters. The van der Waals surface area contributed by atoms with Gasteiger partial charge in [-0.25, -0.2) is 4.79 Å². The zero-order valence-corrected chi connectivity index (χ0v) is 10.6. The monoisotopic (exact) mass is 254 g/mol. The van der Waals surface area contributed by atoms with Crippen molar-refractivity contribution in [3.05, 3.63) is 40.4 Å². The van der Waals surface area contributed by atoms with Gasteiger partial charge in [0.05, 0.1) is 5.02 Å². The lowest BCUT2D eigenvalue weighted by molar-refractivity contribution is -0.132. The Bertz CT molecular complexity index is 438. The minimum absolute atomic E-state index is 0.207. The summed E-state index contributed by atoms with van der Waals surface area (Å²) in [6.45, 7) is 3.94. The quantitative estimate of drug-likeness (QED) is 0.819. The molecule has 0 saturated carbocycles. The Labute approximate surface area is 106 Å². The third kappa shape index (κ3) is 4.11. The number of rotatable bonds is 5. The summed E-state index contributed by atoms with van der Waals surface area (Å²) in [5, 5.41) is 9.34. The molecule has 3 nitrogen and oxygen atoms in total. The number of hydrogen-bond acceptors (Lipinski definition) is 2. The predicted octanol–water partition coefficient (Wildman–Crippen LogP) is 3.45. The molecule has 0 aliphatic heterocycles. The Morgan fingerprint density at radius 2 is 2.24 bits per heavy atom. The van der Waals surface area contributed by atoms with Crippen LogP contribution in [-0.2, 0) is 4.79 Å². The van der Waals surface area contributed by atoms with E-state index in [1.54, 1.807) is 19.1 Å². The average molecular weight is 255 g/mol. The van der Waals surface area contributed by atoms with Crippen molar-refractivity contribution in [3.63, 3.8) is 0 Å². The van der Waals surface area contributed by atoms with Crippen molar-refractivity contribution in [2.45, 2.75) is 20.3 Å². The average Bonchev–Trinajstić information content (AvgIpc) is 2.28. The molecule has 0 aliphatic rings. The van der Waals surface area contributed by atoms with Gasteiger partial charge in [0.1, 0.15) is 12.4 Å². The molecule has 0 aromatic heterocycles. The molecule has 1 N–H and O–H groups in total. The maximum absolute atomic E-state index is 10.7. The lowest BCUT2D eigenvalue weighted by atomic mass is 10.2. The molecule has 0 saturated heterocycles. The highest BCUT2D eigenvalue weighted by Gasteiger charge is 2.04. The van der Waals surface area contributed by atoms with E-state index < -0.39 is 5.97 Å². The van der Waals surface area contributed by atoms with Crippen LogP contribution in [0.3, 0.4) is 0 Å². The Hall–Kier alpha value is -1.48. The lowest BCUT2D eigenvalue weighted by Gasteiger charge is -2.07. The van der Waals surface area contributed by atoms with Gasteiger partial charge in [0.15, 0.2) is 0 Å². The van der Waals surface area contributed by atoms with Crippen LogP contribution < -0.4 is 4.74 Å². The molecule has 0 fully saturated rings. The molecule has 0 heterocycles. The summed E-state index contributed by atoms with van der Waals surface area (Å²) in [4.78, 5) is 10.7. The first-order valence-electron chi connectivity index (χ1n) is 5.36. The van der Waals surface area contributed by atoms with Gasteiger partial charge in [0, 0.05) is 5.57 Å². The Morgan fingerprint density at radius 1 is 1.53 bits per heavy atom. The molecular formula is C13H15ClO3. The van der Waals surface area contributed by atoms with Gasteiger partial charge in [-0.05, 0) is 37.1 Å². The fourth-order valence-electron chi connectivity index (χ4n) is 1.34. The molecule has 0 radical (unpaired) electrons. The summed E-state index contributed by atoms with van der Waals surface area (Å²) in [5.41, 5.74) is 1.39. The van der Waals surface area contributed by atoms with Gasteiger partial charge < -0.3 is 9.84 Å². The number of ether oxygens (including phenoxy) is 1. The maximum Gasteiger partial charge on any atom is 0.331 e. The second kappa shape index (κ2) is 6.30. The molecule has 92 valence electrons. The van der Waals surface area contributed by atoms with Gasteiger partial charge in [0.2, 0.25) is 0 Å². The van der Waals surface area contributed by atoms with Crippen LogP contribution in [0.4, 0.5) is 0 Å². The first kappa shape index (κ1) is 13.6. The number of carbonyl (C=O) groups is 1. The third-order valence-electron chi connectivity index (χ3n) is 2.31. The second-order valence-corrected chi connectivity index (χ2v) is 4.04. The van der Waals surface area contributed by atoms with Crippen LogP contribution in [0.5, 0.6) is 5.75 Å². The van der Waals surface area contributed by atoms with Crippen molar-refractivity contribution in [1.82, 2.24) is 0 Å². The molecule has 4 heteroatoms. The Morgan fingerprint density at radius 3 is 2.82 bits per heavy atom. The van der Waals surface area contributed by atoms with E-state index in [2.05, 4.69) is 0 Å². The van der Waals surface area contributed by atoms with Gasteiger partial charge in [-0.1, -0.05) is 24.6 Å². The van der Waals surface area contributed by atoms with Gasteiger partial charge in [-0.2, -0.15) is 0 Å². The molecule has 0 bridgehead atoms. The van der Waals surface area contributed by atoms with E-state index in [4.69, 9.17) is 21.4 Å². The van der Waals surface area contributed by atoms with Crippen molar-refractivity contribution in [1.29, 1.82) is 0 Å². The van der Waals surface area contributed by atoms with Crippen LogP contribution in [0.15, 0.2) is 29.8 Å². The molecule has 0 aliphatic carbocycles. The zero-order valence-electron chi connectivity index (χ0n) is 9.87. The van der Waals surface area contributed by atoms with Crippen LogP contribution in [0.25, 0.3) is 0 Å². The largest absolute Gasteiger partial charge is 0.488 e. The fraction of sp³-hybridized carbons (Fsp3) is 0.308. The van der Waals surface area contributed by atoms with E-state index in [9.17, 15) is 4.79 Å². The van der Waals surface area contributed by atoms with E-state index >= 15 is 0 Å². The minimum Gasteiger partial charge on any atom is -0.488 e. The van der Waals surface area contributed by atoms with E-state index in [1.807, 2.05) is 19.1 Å². The standard InChI is InChI=1S/C13H15ClO3/c1-3-10(13(15)16)6-7-17-12-8-9(2)4-5-11(12)14/h4-6,8H,3,7H2,1-2H3,(H,15,16).